The van der Waals surface area contributed by atoms with E-state index in [2.05, 4.69) is 30.5 Å². The number of piperazine rings is 1. The second-order valence-electron chi connectivity index (χ2n) is 8.39. The highest BCUT2D eigenvalue weighted by atomic mass is 32.1. The van der Waals surface area contributed by atoms with Crippen LogP contribution in [-0.2, 0) is 0 Å². The molecule has 2 fully saturated rings. The molecule has 4 heterocycles. The summed E-state index contributed by atoms with van der Waals surface area (Å²) in [5.41, 5.74) is 1.29. The van der Waals surface area contributed by atoms with E-state index < -0.39 is 11.6 Å². The molecule has 0 amide bonds. The predicted molar refractivity (Wildman–Crippen MR) is 131 cm³/mol. The highest BCUT2D eigenvalue weighted by molar-refractivity contribution is 7.78. The van der Waals surface area contributed by atoms with E-state index in [0.717, 1.165) is 25.9 Å². The lowest BCUT2D eigenvalue weighted by atomic mass is 10.1. The van der Waals surface area contributed by atoms with Crippen molar-refractivity contribution in [1.29, 1.82) is 0 Å². The summed E-state index contributed by atoms with van der Waals surface area (Å²) in [5, 5.41) is 7.63. The first kappa shape index (κ1) is 22.5. The van der Waals surface area contributed by atoms with Crippen molar-refractivity contribution in [2.75, 3.05) is 25.1 Å². The topological polar surface area (TPSA) is 75.2 Å². The summed E-state index contributed by atoms with van der Waals surface area (Å²) in [6, 6.07) is 5.44. The van der Waals surface area contributed by atoms with Crippen LogP contribution in [0.1, 0.15) is 25.5 Å². The number of benzene rings is 1. The summed E-state index contributed by atoms with van der Waals surface area (Å²) in [5.74, 6) is -0.647. The van der Waals surface area contributed by atoms with Gasteiger partial charge in [0.25, 0.3) is 0 Å². The predicted octanol–water partition coefficient (Wildman–Crippen LogP) is 1.76. The number of ether oxygens (including phenoxy) is 1. The fraction of sp³-hybridized carbons (Fsp3) is 0.333. The SMILES string of the molecule is C/C=c1/cccc(F)/c1=C(/NC=S)c1ncc2c(N3CC4CCC(C3)N4)nc(OC)nc2c1F. The summed E-state index contributed by atoms with van der Waals surface area (Å²) < 4.78 is 36.3. The van der Waals surface area contributed by atoms with Gasteiger partial charge in [-0.1, -0.05) is 30.4 Å². The van der Waals surface area contributed by atoms with E-state index in [0.29, 0.717) is 28.5 Å². The van der Waals surface area contributed by atoms with Gasteiger partial charge in [-0.2, -0.15) is 9.97 Å². The number of anilines is 1. The standard InChI is InChI=1S/C24H24F2N6OS/c1-3-13-5-4-6-17(25)18(13)21(28-12-34)22-19(26)20-16(9-27-22)23(31-24(30-20)33-2)32-10-14-7-8-15(11-32)29-14/h3-6,9,12,14-15,29H,7-8,10-11H2,1-2H3,(H,28,34)/b13-3-,21-18+. The zero-order valence-electron chi connectivity index (χ0n) is 18.8. The van der Waals surface area contributed by atoms with Crippen molar-refractivity contribution in [3.05, 3.63) is 52.2 Å². The summed E-state index contributed by atoms with van der Waals surface area (Å²) in [7, 11) is 1.44. The number of aromatic nitrogens is 3. The molecule has 2 N–H and O–H groups in total. The average molecular weight is 483 g/mol. The molecule has 7 nitrogen and oxygen atoms in total. The van der Waals surface area contributed by atoms with Gasteiger partial charge in [0.2, 0.25) is 0 Å². The molecule has 2 aliphatic rings. The highest BCUT2D eigenvalue weighted by Gasteiger charge is 2.34. The maximum absolute atomic E-state index is 16.0. The van der Waals surface area contributed by atoms with Crippen molar-refractivity contribution in [3.8, 4) is 6.01 Å². The van der Waals surface area contributed by atoms with Crippen molar-refractivity contribution < 1.29 is 13.5 Å². The molecule has 0 aliphatic carbocycles. The fourth-order valence-electron chi connectivity index (χ4n) is 4.86. The minimum absolute atomic E-state index is 0.0553. The molecule has 1 aromatic carbocycles. The monoisotopic (exact) mass is 482 g/mol. The number of pyridine rings is 1. The largest absolute Gasteiger partial charge is 0.467 e. The molecule has 5 rings (SSSR count). The lowest BCUT2D eigenvalue weighted by Gasteiger charge is -2.34. The molecule has 10 heteroatoms. The molecule has 0 spiro atoms. The third-order valence-corrected chi connectivity index (χ3v) is 6.51. The van der Waals surface area contributed by atoms with Crippen LogP contribution < -0.4 is 30.7 Å². The maximum atomic E-state index is 16.0. The summed E-state index contributed by atoms with van der Waals surface area (Å²) in [6.07, 6.45) is 5.47. The quantitative estimate of drug-likeness (QED) is 0.533. The second-order valence-corrected chi connectivity index (χ2v) is 8.63. The number of thiocarbonyl (C=S) groups is 1. The average Bonchev–Trinajstić information content (AvgIpc) is 3.19. The van der Waals surface area contributed by atoms with E-state index in [4.69, 9.17) is 17.0 Å². The van der Waals surface area contributed by atoms with Crippen LogP contribution in [0.25, 0.3) is 22.7 Å². The first-order valence-electron chi connectivity index (χ1n) is 11.1. The minimum Gasteiger partial charge on any atom is -0.467 e. The Hall–Kier alpha value is -3.24. The first-order chi connectivity index (χ1) is 16.5. The van der Waals surface area contributed by atoms with Crippen LogP contribution in [0.5, 0.6) is 6.01 Å². The van der Waals surface area contributed by atoms with Crippen LogP contribution in [-0.4, -0.2) is 52.7 Å². The van der Waals surface area contributed by atoms with Crippen LogP contribution in [0.4, 0.5) is 14.6 Å². The fourth-order valence-corrected chi connectivity index (χ4v) is 4.98. The van der Waals surface area contributed by atoms with Crippen LogP contribution in [0.3, 0.4) is 0 Å². The van der Waals surface area contributed by atoms with Crippen LogP contribution in [0.15, 0.2) is 24.4 Å². The Morgan fingerprint density at radius 3 is 2.68 bits per heavy atom. The Bertz CT molecular complexity index is 1390. The molecule has 0 radical (unpaired) electrons. The molecular weight excluding hydrogens is 458 g/mol. The van der Waals surface area contributed by atoms with Crippen molar-refractivity contribution in [2.45, 2.75) is 31.8 Å². The van der Waals surface area contributed by atoms with Gasteiger partial charge in [-0.05, 0) is 31.1 Å². The van der Waals surface area contributed by atoms with Gasteiger partial charge in [0, 0.05) is 36.6 Å². The Morgan fingerprint density at radius 2 is 2.00 bits per heavy atom. The van der Waals surface area contributed by atoms with Gasteiger partial charge in [0.15, 0.2) is 5.82 Å². The number of fused-ring (bicyclic) bond motifs is 3. The van der Waals surface area contributed by atoms with Crippen LogP contribution in [0.2, 0.25) is 0 Å². The second kappa shape index (κ2) is 9.19. The number of nitrogens with one attached hydrogen (secondary N) is 2. The Labute approximate surface area is 200 Å². The summed E-state index contributed by atoms with van der Waals surface area (Å²) in [6.45, 7) is 3.29. The third kappa shape index (κ3) is 3.86. The van der Waals surface area contributed by atoms with Gasteiger partial charge >= 0.3 is 6.01 Å². The lowest BCUT2D eigenvalue weighted by Crippen LogP contribution is -2.51. The highest BCUT2D eigenvalue weighted by Crippen LogP contribution is 2.32. The van der Waals surface area contributed by atoms with E-state index in [1.54, 1.807) is 25.1 Å². The number of methoxy groups -OCH3 is 1. The Balaban J connectivity index is 1.76. The normalized spacial score (nSPS) is 21.1. The van der Waals surface area contributed by atoms with Crippen molar-refractivity contribution >= 4 is 46.2 Å². The Morgan fingerprint density at radius 1 is 1.24 bits per heavy atom. The number of halogens is 2. The molecule has 176 valence electrons. The van der Waals surface area contributed by atoms with E-state index in [-0.39, 0.29) is 28.1 Å². The first-order valence-corrected chi connectivity index (χ1v) is 11.6. The maximum Gasteiger partial charge on any atom is 0.318 e. The van der Waals surface area contributed by atoms with E-state index in [1.807, 2.05) is 0 Å². The van der Waals surface area contributed by atoms with Gasteiger partial charge < -0.3 is 20.3 Å². The third-order valence-electron chi connectivity index (χ3n) is 6.39. The number of rotatable bonds is 5. The zero-order valence-corrected chi connectivity index (χ0v) is 19.6. The molecule has 2 aliphatic heterocycles. The molecule has 2 aromatic heterocycles. The molecule has 3 aromatic rings. The van der Waals surface area contributed by atoms with Gasteiger partial charge in [-0.25, -0.2) is 8.78 Å². The zero-order chi connectivity index (χ0) is 23.8. The lowest BCUT2D eigenvalue weighted by molar-refractivity contribution is 0.380. The smallest absolute Gasteiger partial charge is 0.318 e. The Kier molecular flexibility index (Phi) is 6.09. The molecule has 34 heavy (non-hydrogen) atoms. The van der Waals surface area contributed by atoms with E-state index >= 15 is 4.39 Å². The summed E-state index contributed by atoms with van der Waals surface area (Å²) in [4.78, 5) is 15.4. The number of hydrogen-bond acceptors (Lipinski definition) is 7. The number of hydrogen-bond donors (Lipinski definition) is 2. The molecule has 2 saturated heterocycles. The van der Waals surface area contributed by atoms with Crippen LogP contribution >= 0.6 is 12.2 Å². The van der Waals surface area contributed by atoms with Crippen molar-refractivity contribution in [1.82, 2.24) is 25.6 Å². The van der Waals surface area contributed by atoms with Crippen LogP contribution in [0, 0.1) is 11.6 Å². The number of nitrogens with zero attached hydrogens (tertiary/aromatic N) is 4. The van der Waals surface area contributed by atoms with Gasteiger partial charge in [0.1, 0.15) is 22.8 Å². The molecular formula is C24H24F2N6OS. The molecule has 2 unspecified atom stereocenters. The van der Waals surface area contributed by atoms with Gasteiger partial charge in [-0.3, -0.25) is 4.98 Å². The van der Waals surface area contributed by atoms with Crippen molar-refractivity contribution in [3.63, 3.8) is 0 Å². The minimum atomic E-state index is -0.706. The van der Waals surface area contributed by atoms with E-state index in [9.17, 15) is 4.39 Å². The van der Waals surface area contributed by atoms with Crippen molar-refractivity contribution in [2.24, 2.45) is 0 Å². The van der Waals surface area contributed by atoms with E-state index in [1.165, 1.54) is 24.9 Å². The molecule has 2 atom stereocenters. The van der Waals surface area contributed by atoms with Gasteiger partial charge in [0.05, 0.1) is 23.7 Å². The van der Waals surface area contributed by atoms with Gasteiger partial charge in [-0.15, -0.1) is 0 Å². The molecule has 2 bridgehead atoms. The summed E-state index contributed by atoms with van der Waals surface area (Å²) >= 11 is 4.97. The molecule has 0 saturated carbocycles.